The highest BCUT2D eigenvalue weighted by Gasteiger charge is 2.29. The van der Waals surface area contributed by atoms with Gasteiger partial charge in [-0.3, -0.25) is 0 Å². The predicted octanol–water partition coefficient (Wildman–Crippen LogP) is 1.29. The van der Waals surface area contributed by atoms with Crippen LogP contribution in [0.5, 0.6) is 0 Å². The number of hydrogen-bond acceptors (Lipinski definition) is 4. The first-order valence-electron chi connectivity index (χ1n) is 5.53. The molecular weight excluding hydrogens is 254 g/mol. The number of carbonyl (C=O) groups is 1. The first kappa shape index (κ1) is 13.1. The van der Waals surface area contributed by atoms with Gasteiger partial charge in [0.25, 0.3) is 0 Å². The van der Waals surface area contributed by atoms with Crippen molar-refractivity contribution in [3.63, 3.8) is 0 Å². The van der Waals surface area contributed by atoms with Crippen LogP contribution in [0.3, 0.4) is 0 Å². The van der Waals surface area contributed by atoms with Crippen LogP contribution in [0.2, 0.25) is 5.02 Å². The minimum absolute atomic E-state index is 0.240. The first-order chi connectivity index (χ1) is 8.63. The van der Waals surface area contributed by atoms with Crippen LogP contribution in [-0.4, -0.2) is 24.7 Å². The third-order valence-corrected chi connectivity index (χ3v) is 2.98. The molecule has 1 N–H and O–H groups in total. The van der Waals surface area contributed by atoms with Crippen molar-refractivity contribution in [3.8, 4) is 0 Å². The van der Waals surface area contributed by atoms with E-state index in [1.165, 1.54) is 6.07 Å². The summed E-state index contributed by atoms with van der Waals surface area (Å²) in [5, 5.41) is 9.86. The number of ether oxygens (including phenoxy) is 1. The van der Waals surface area contributed by atoms with Gasteiger partial charge in [-0.25, -0.2) is 4.79 Å². The molecule has 0 unspecified atom stereocenters. The Bertz CT molecular complexity index is 489. The number of hydrogen-bond donors (Lipinski definition) is 1. The molecular formula is C12H12BClO4. The molecule has 0 saturated carbocycles. The van der Waals surface area contributed by atoms with Crippen LogP contribution in [0.25, 0.3) is 0 Å². The zero-order valence-corrected chi connectivity index (χ0v) is 10.4. The normalized spacial score (nSPS) is 13.3. The highest BCUT2D eigenvalue weighted by molar-refractivity contribution is 6.61. The molecule has 18 heavy (non-hydrogen) atoms. The molecule has 1 aliphatic rings. The zero-order chi connectivity index (χ0) is 13.1. The summed E-state index contributed by atoms with van der Waals surface area (Å²) in [6.07, 6.45) is 2.25. The monoisotopic (exact) mass is 266 g/mol. The quantitative estimate of drug-likeness (QED) is 0.386. The summed E-state index contributed by atoms with van der Waals surface area (Å²) < 4.78 is 10.1. The Morgan fingerprint density at radius 2 is 2.44 bits per heavy atom. The minimum Gasteiger partial charge on any atom is -0.462 e. The van der Waals surface area contributed by atoms with Crippen LogP contribution < -0.4 is 5.46 Å². The standard InChI is InChI=1S/C12H12BClO4/c1-2-3-4-17-12(15)9-6-10-8(5-11(9)14)7-18-13(10)16/h2,5-6,16H,1,3-4,7H2. The van der Waals surface area contributed by atoms with Gasteiger partial charge in [-0.1, -0.05) is 17.7 Å². The number of fused-ring (bicyclic) bond motifs is 1. The van der Waals surface area contributed by atoms with E-state index in [4.69, 9.17) is 21.0 Å². The SMILES string of the molecule is C=CCCOC(=O)c1cc2c(cc1Cl)COB2O. The molecule has 0 fully saturated rings. The molecule has 0 bridgehead atoms. The van der Waals surface area contributed by atoms with Gasteiger partial charge in [0.15, 0.2) is 0 Å². The Balaban J connectivity index is 2.20. The Kier molecular flexibility index (Phi) is 4.06. The molecule has 0 aromatic heterocycles. The van der Waals surface area contributed by atoms with Crippen molar-refractivity contribution in [2.75, 3.05) is 6.61 Å². The van der Waals surface area contributed by atoms with Crippen molar-refractivity contribution in [2.24, 2.45) is 0 Å². The van der Waals surface area contributed by atoms with E-state index >= 15 is 0 Å². The lowest BCUT2D eigenvalue weighted by atomic mass is 9.79. The average Bonchev–Trinajstić information content (AvgIpc) is 2.69. The maximum Gasteiger partial charge on any atom is 0.491 e. The number of esters is 1. The van der Waals surface area contributed by atoms with Gasteiger partial charge in [0.2, 0.25) is 0 Å². The second kappa shape index (κ2) is 5.56. The Morgan fingerprint density at radius 1 is 1.67 bits per heavy atom. The van der Waals surface area contributed by atoms with Gasteiger partial charge < -0.3 is 14.4 Å². The van der Waals surface area contributed by atoms with Crippen molar-refractivity contribution < 1.29 is 19.2 Å². The third-order valence-electron chi connectivity index (χ3n) is 2.67. The van der Waals surface area contributed by atoms with Crippen molar-refractivity contribution in [1.82, 2.24) is 0 Å². The molecule has 0 radical (unpaired) electrons. The van der Waals surface area contributed by atoms with Crippen molar-refractivity contribution >= 4 is 30.2 Å². The molecule has 2 rings (SSSR count). The molecule has 0 saturated heterocycles. The second-order valence-electron chi connectivity index (χ2n) is 3.91. The van der Waals surface area contributed by atoms with E-state index in [2.05, 4.69) is 6.58 Å². The van der Waals surface area contributed by atoms with Crippen molar-refractivity contribution in [1.29, 1.82) is 0 Å². The molecule has 1 aromatic rings. The fourth-order valence-corrected chi connectivity index (χ4v) is 1.98. The van der Waals surface area contributed by atoms with E-state index < -0.39 is 13.1 Å². The summed E-state index contributed by atoms with van der Waals surface area (Å²) in [6, 6.07) is 3.14. The highest BCUT2D eigenvalue weighted by atomic mass is 35.5. The predicted molar refractivity (Wildman–Crippen MR) is 68.9 cm³/mol. The summed E-state index contributed by atoms with van der Waals surface area (Å²) in [5.41, 5.74) is 1.59. The smallest absolute Gasteiger partial charge is 0.462 e. The minimum atomic E-state index is -1.00. The molecule has 0 aliphatic carbocycles. The Hall–Kier alpha value is -1.30. The van der Waals surface area contributed by atoms with E-state index in [0.717, 1.165) is 5.56 Å². The lowest BCUT2D eigenvalue weighted by Gasteiger charge is -2.07. The van der Waals surface area contributed by atoms with Crippen LogP contribution in [0.1, 0.15) is 22.3 Å². The van der Waals surface area contributed by atoms with E-state index in [1.54, 1.807) is 12.1 Å². The lowest BCUT2D eigenvalue weighted by Crippen LogP contribution is -2.29. The molecule has 1 aliphatic heterocycles. The summed E-state index contributed by atoms with van der Waals surface area (Å²) in [5.74, 6) is -0.510. The summed E-state index contributed by atoms with van der Waals surface area (Å²) >= 11 is 6.01. The number of halogens is 1. The summed E-state index contributed by atoms with van der Waals surface area (Å²) in [7, 11) is -1.00. The van der Waals surface area contributed by atoms with Crippen LogP contribution in [-0.2, 0) is 16.0 Å². The lowest BCUT2D eigenvalue weighted by molar-refractivity contribution is 0.0512. The van der Waals surface area contributed by atoms with Gasteiger partial charge in [0, 0.05) is 0 Å². The first-order valence-corrected chi connectivity index (χ1v) is 5.91. The van der Waals surface area contributed by atoms with Gasteiger partial charge in [-0.2, -0.15) is 0 Å². The van der Waals surface area contributed by atoms with Crippen LogP contribution in [0, 0.1) is 0 Å². The molecule has 4 nitrogen and oxygen atoms in total. The summed E-state index contributed by atoms with van der Waals surface area (Å²) in [6.45, 7) is 4.09. The average molecular weight is 266 g/mol. The van der Waals surface area contributed by atoms with Gasteiger partial charge in [0.05, 0.1) is 23.8 Å². The van der Waals surface area contributed by atoms with Crippen molar-refractivity contribution in [3.05, 3.63) is 40.9 Å². The van der Waals surface area contributed by atoms with Gasteiger partial charge >= 0.3 is 13.1 Å². The number of benzene rings is 1. The maximum atomic E-state index is 11.8. The summed E-state index contributed by atoms with van der Waals surface area (Å²) in [4.78, 5) is 11.8. The van der Waals surface area contributed by atoms with Crippen LogP contribution in [0.15, 0.2) is 24.8 Å². The topological polar surface area (TPSA) is 55.8 Å². The Morgan fingerprint density at radius 3 is 3.17 bits per heavy atom. The second-order valence-corrected chi connectivity index (χ2v) is 4.31. The van der Waals surface area contributed by atoms with E-state index in [9.17, 15) is 9.82 Å². The number of rotatable bonds is 4. The van der Waals surface area contributed by atoms with E-state index in [1.807, 2.05) is 0 Å². The van der Waals surface area contributed by atoms with E-state index in [-0.39, 0.29) is 12.2 Å². The molecule has 0 amide bonds. The van der Waals surface area contributed by atoms with Gasteiger partial charge in [0.1, 0.15) is 0 Å². The number of carbonyl (C=O) groups excluding carboxylic acids is 1. The molecule has 0 spiro atoms. The van der Waals surface area contributed by atoms with Crippen molar-refractivity contribution in [2.45, 2.75) is 13.0 Å². The molecule has 6 heteroatoms. The third kappa shape index (κ3) is 2.58. The molecule has 0 atom stereocenters. The largest absolute Gasteiger partial charge is 0.491 e. The van der Waals surface area contributed by atoms with Gasteiger partial charge in [-0.05, 0) is 29.6 Å². The molecule has 1 aromatic carbocycles. The Labute approximate surface area is 110 Å². The fourth-order valence-electron chi connectivity index (χ4n) is 1.71. The van der Waals surface area contributed by atoms with Crippen LogP contribution in [0.4, 0.5) is 0 Å². The van der Waals surface area contributed by atoms with E-state index in [0.29, 0.717) is 23.5 Å². The maximum absolute atomic E-state index is 11.8. The zero-order valence-electron chi connectivity index (χ0n) is 9.69. The van der Waals surface area contributed by atoms with Crippen LogP contribution >= 0.6 is 11.6 Å². The highest BCUT2D eigenvalue weighted by Crippen LogP contribution is 2.21. The molecule has 94 valence electrons. The van der Waals surface area contributed by atoms with Gasteiger partial charge in [-0.15, -0.1) is 6.58 Å². The fraction of sp³-hybridized carbons (Fsp3) is 0.250. The molecule has 1 heterocycles.